The summed E-state index contributed by atoms with van der Waals surface area (Å²) in [6, 6.07) is 8.06. The second kappa shape index (κ2) is 5.82. The molecule has 24 heavy (non-hydrogen) atoms. The summed E-state index contributed by atoms with van der Waals surface area (Å²) in [7, 11) is 4.55. The molecule has 0 bridgehead atoms. The SMILES string of the molecule is C=CC1CC(C(=O)OC)(C(=O)OC)Cc2c1c1ccccc1n2C. The Morgan fingerprint density at radius 1 is 1.25 bits per heavy atom. The lowest BCUT2D eigenvalue weighted by molar-refractivity contribution is -0.170. The van der Waals surface area contributed by atoms with Crippen molar-refractivity contribution >= 4 is 22.8 Å². The number of aromatic nitrogens is 1. The van der Waals surface area contributed by atoms with Crippen LogP contribution in [0.4, 0.5) is 0 Å². The second-order valence-electron chi connectivity index (χ2n) is 6.22. The van der Waals surface area contributed by atoms with Gasteiger partial charge in [0, 0.05) is 36.0 Å². The van der Waals surface area contributed by atoms with Crippen molar-refractivity contribution in [3.8, 4) is 0 Å². The second-order valence-corrected chi connectivity index (χ2v) is 6.22. The lowest BCUT2D eigenvalue weighted by Crippen LogP contribution is -2.46. The maximum absolute atomic E-state index is 12.5. The number of carbonyl (C=O) groups excluding carboxylic acids is 2. The molecule has 1 heterocycles. The van der Waals surface area contributed by atoms with E-state index in [0.29, 0.717) is 6.42 Å². The van der Waals surface area contributed by atoms with Crippen molar-refractivity contribution in [2.45, 2.75) is 18.8 Å². The highest BCUT2D eigenvalue weighted by atomic mass is 16.5. The molecule has 5 nitrogen and oxygen atoms in total. The molecule has 0 saturated carbocycles. The van der Waals surface area contributed by atoms with Crippen LogP contribution >= 0.6 is 0 Å². The number of fused-ring (bicyclic) bond motifs is 3. The Morgan fingerprint density at radius 2 is 1.88 bits per heavy atom. The maximum atomic E-state index is 12.5. The maximum Gasteiger partial charge on any atom is 0.323 e. The number of methoxy groups -OCH3 is 2. The van der Waals surface area contributed by atoms with Crippen molar-refractivity contribution in [1.82, 2.24) is 4.57 Å². The molecule has 126 valence electrons. The minimum Gasteiger partial charge on any atom is -0.468 e. The molecule has 1 unspecified atom stereocenters. The van der Waals surface area contributed by atoms with Gasteiger partial charge < -0.3 is 14.0 Å². The van der Waals surface area contributed by atoms with Crippen LogP contribution in [0.1, 0.15) is 23.6 Å². The minimum atomic E-state index is -1.34. The molecule has 1 atom stereocenters. The fourth-order valence-corrected chi connectivity index (χ4v) is 3.92. The van der Waals surface area contributed by atoms with E-state index < -0.39 is 17.4 Å². The molecule has 1 aromatic carbocycles. The summed E-state index contributed by atoms with van der Waals surface area (Å²) >= 11 is 0. The number of ether oxygens (including phenoxy) is 2. The van der Waals surface area contributed by atoms with Gasteiger partial charge in [0.05, 0.1) is 14.2 Å². The zero-order valence-corrected chi connectivity index (χ0v) is 14.2. The first-order chi connectivity index (χ1) is 11.5. The van der Waals surface area contributed by atoms with Gasteiger partial charge in [-0.05, 0) is 18.1 Å². The van der Waals surface area contributed by atoms with Crippen molar-refractivity contribution in [3.63, 3.8) is 0 Å². The smallest absolute Gasteiger partial charge is 0.323 e. The Hall–Kier alpha value is -2.56. The summed E-state index contributed by atoms with van der Waals surface area (Å²) in [6.07, 6.45) is 2.36. The molecular weight excluding hydrogens is 306 g/mol. The average Bonchev–Trinajstić information content (AvgIpc) is 2.92. The summed E-state index contributed by atoms with van der Waals surface area (Å²) in [5.74, 6) is -1.24. The van der Waals surface area contributed by atoms with Gasteiger partial charge in [0.15, 0.2) is 5.41 Å². The Labute approximate surface area is 140 Å². The van der Waals surface area contributed by atoms with Crippen molar-refractivity contribution < 1.29 is 19.1 Å². The van der Waals surface area contributed by atoms with E-state index in [2.05, 4.69) is 12.6 Å². The number of rotatable bonds is 3. The van der Waals surface area contributed by atoms with Crippen LogP contribution in [0.2, 0.25) is 0 Å². The number of carbonyl (C=O) groups is 2. The van der Waals surface area contributed by atoms with Gasteiger partial charge in [-0.2, -0.15) is 0 Å². The molecule has 0 saturated heterocycles. The summed E-state index contributed by atoms with van der Waals surface area (Å²) in [5, 5.41) is 1.13. The number of benzene rings is 1. The van der Waals surface area contributed by atoms with Crippen molar-refractivity contribution in [1.29, 1.82) is 0 Å². The van der Waals surface area contributed by atoms with E-state index in [0.717, 1.165) is 22.2 Å². The van der Waals surface area contributed by atoms with Crippen LogP contribution in [-0.4, -0.2) is 30.7 Å². The normalized spacial score (nSPS) is 18.7. The van der Waals surface area contributed by atoms with Crippen molar-refractivity contribution in [3.05, 3.63) is 48.2 Å². The summed E-state index contributed by atoms with van der Waals surface area (Å²) in [4.78, 5) is 25.0. The monoisotopic (exact) mass is 327 g/mol. The van der Waals surface area contributed by atoms with Gasteiger partial charge in [0.1, 0.15) is 0 Å². The van der Waals surface area contributed by atoms with Crippen molar-refractivity contribution in [2.75, 3.05) is 14.2 Å². The van der Waals surface area contributed by atoms with E-state index in [1.807, 2.05) is 29.8 Å². The summed E-state index contributed by atoms with van der Waals surface area (Å²) < 4.78 is 12.0. The van der Waals surface area contributed by atoms with E-state index in [9.17, 15) is 9.59 Å². The highest BCUT2D eigenvalue weighted by Gasteiger charge is 2.53. The van der Waals surface area contributed by atoms with Crippen LogP contribution in [-0.2, 0) is 32.5 Å². The van der Waals surface area contributed by atoms with Gasteiger partial charge in [-0.25, -0.2) is 0 Å². The fraction of sp³-hybridized carbons (Fsp3) is 0.368. The van der Waals surface area contributed by atoms with Crippen LogP contribution in [0.3, 0.4) is 0 Å². The molecule has 1 aromatic heterocycles. The average molecular weight is 327 g/mol. The largest absolute Gasteiger partial charge is 0.468 e. The van der Waals surface area contributed by atoms with Crippen molar-refractivity contribution in [2.24, 2.45) is 12.5 Å². The third-order valence-corrected chi connectivity index (χ3v) is 5.12. The number of esters is 2. The number of allylic oxidation sites excluding steroid dienone is 1. The number of nitrogens with zero attached hydrogens (tertiary/aromatic N) is 1. The van der Waals surface area contributed by atoms with E-state index in [4.69, 9.17) is 9.47 Å². The van der Waals surface area contributed by atoms with Gasteiger partial charge in [0.25, 0.3) is 0 Å². The van der Waals surface area contributed by atoms with E-state index >= 15 is 0 Å². The molecule has 0 amide bonds. The Kier molecular flexibility index (Phi) is 3.95. The van der Waals surface area contributed by atoms with E-state index in [1.165, 1.54) is 14.2 Å². The quantitative estimate of drug-likeness (QED) is 0.494. The number of hydrogen-bond donors (Lipinski definition) is 0. The van der Waals surface area contributed by atoms with Crippen LogP contribution in [0.15, 0.2) is 36.9 Å². The zero-order valence-electron chi connectivity index (χ0n) is 14.2. The molecule has 0 spiro atoms. The third-order valence-electron chi connectivity index (χ3n) is 5.12. The lowest BCUT2D eigenvalue weighted by Gasteiger charge is -2.36. The first-order valence-corrected chi connectivity index (χ1v) is 7.85. The zero-order chi connectivity index (χ0) is 17.5. The highest BCUT2D eigenvalue weighted by Crippen LogP contribution is 2.47. The minimum absolute atomic E-state index is 0.127. The van der Waals surface area contributed by atoms with E-state index in [1.54, 1.807) is 6.08 Å². The molecule has 5 heteroatoms. The molecule has 1 aliphatic carbocycles. The van der Waals surface area contributed by atoms with Gasteiger partial charge in [-0.15, -0.1) is 6.58 Å². The molecular formula is C19H21NO4. The predicted molar refractivity (Wildman–Crippen MR) is 90.6 cm³/mol. The lowest BCUT2D eigenvalue weighted by atomic mass is 9.68. The first kappa shape index (κ1) is 16.3. The van der Waals surface area contributed by atoms with Crippen LogP contribution in [0, 0.1) is 5.41 Å². The van der Waals surface area contributed by atoms with E-state index in [-0.39, 0.29) is 12.3 Å². The number of aryl methyl sites for hydroxylation is 1. The number of para-hydroxylation sites is 1. The Balaban J connectivity index is 2.28. The van der Waals surface area contributed by atoms with Gasteiger partial charge in [-0.3, -0.25) is 9.59 Å². The summed E-state index contributed by atoms with van der Waals surface area (Å²) in [6.45, 7) is 3.92. The van der Waals surface area contributed by atoms with Crippen LogP contribution in [0.5, 0.6) is 0 Å². The van der Waals surface area contributed by atoms with Gasteiger partial charge in [0.2, 0.25) is 0 Å². The topological polar surface area (TPSA) is 57.5 Å². The standard InChI is InChI=1S/C19H21NO4/c1-5-12-10-19(17(21)23-3,18(22)24-4)11-15-16(12)13-8-6-7-9-14(13)20(15)2/h5-9,12H,1,10-11H2,2-4H3. The Bertz CT molecular complexity index is 817. The molecule has 0 aliphatic heterocycles. The predicted octanol–water partition coefficient (Wildman–Crippen LogP) is 2.73. The summed E-state index contributed by atoms with van der Waals surface area (Å²) in [5.41, 5.74) is 1.81. The van der Waals surface area contributed by atoms with Crippen LogP contribution in [0.25, 0.3) is 10.9 Å². The highest BCUT2D eigenvalue weighted by molar-refractivity contribution is 6.01. The molecule has 0 radical (unpaired) electrons. The van der Waals surface area contributed by atoms with Gasteiger partial charge in [-0.1, -0.05) is 24.3 Å². The Morgan fingerprint density at radius 3 is 2.46 bits per heavy atom. The van der Waals surface area contributed by atoms with Crippen LogP contribution < -0.4 is 0 Å². The molecule has 3 rings (SSSR count). The molecule has 2 aromatic rings. The first-order valence-electron chi connectivity index (χ1n) is 7.85. The fourth-order valence-electron chi connectivity index (χ4n) is 3.92. The molecule has 0 N–H and O–H groups in total. The molecule has 0 fully saturated rings. The third kappa shape index (κ3) is 2.08. The molecule has 1 aliphatic rings. The van der Waals surface area contributed by atoms with Gasteiger partial charge >= 0.3 is 11.9 Å². The number of hydrogen-bond acceptors (Lipinski definition) is 4.